The monoisotopic (exact) mass is 174 g/mol. The van der Waals surface area contributed by atoms with E-state index in [9.17, 15) is 4.79 Å². The topological polar surface area (TPSA) is 29.1 Å². The third-order valence-corrected chi connectivity index (χ3v) is 1.62. The number of benzene rings is 1. The molecule has 0 spiro atoms. The fraction of sp³-hybridized carbons (Fsp3) is 0.0909. The van der Waals surface area contributed by atoms with Crippen LogP contribution in [-0.4, -0.2) is 5.91 Å². The van der Waals surface area contributed by atoms with E-state index in [1.54, 1.807) is 0 Å². The van der Waals surface area contributed by atoms with Gasteiger partial charge in [0.1, 0.15) is 0 Å². The molecule has 1 amide bonds. The Morgan fingerprint density at radius 3 is 2.46 bits per heavy atom. The second-order valence-corrected chi connectivity index (χ2v) is 2.77. The predicted molar refractivity (Wildman–Crippen MR) is 52.8 cm³/mol. The maximum atomic E-state index is 11.0. The summed E-state index contributed by atoms with van der Waals surface area (Å²) < 4.78 is 0. The highest BCUT2D eigenvalue weighted by Gasteiger charge is 1.99. The zero-order chi connectivity index (χ0) is 9.68. The molecule has 1 rings (SSSR count). The summed E-state index contributed by atoms with van der Waals surface area (Å²) in [5, 5.41) is 2.70. The Morgan fingerprint density at radius 2 is 1.92 bits per heavy atom. The van der Waals surface area contributed by atoms with E-state index in [0.717, 1.165) is 5.56 Å². The van der Waals surface area contributed by atoms with Crippen molar-refractivity contribution in [1.82, 2.24) is 5.32 Å². The van der Waals surface area contributed by atoms with Crippen LogP contribution in [-0.2, 0) is 11.3 Å². The highest BCUT2D eigenvalue weighted by Crippen LogP contribution is 1.97. The lowest BCUT2D eigenvalue weighted by molar-refractivity contribution is -0.117. The van der Waals surface area contributed by atoms with Gasteiger partial charge in [-0.3, -0.25) is 4.79 Å². The Labute approximate surface area is 78.3 Å². The van der Waals surface area contributed by atoms with Crippen molar-refractivity contribution in [3.8, 4) is 0 Å². The zero-order valence-electron chi connectivity index (χ0n) is 7.42. The molecule has 0 aliphatic carbocycles. The fourth-order valence-electron chi connectivity index (χ4n) is 0.903. The van der Waals surface area contributed by atoms with Gasteiger partial charge < -0.3 is 5.32 Å². The summed E-state index contributed by atoms with van der Waals surface area (Å²) in [5.74, 6) is -0.205. The van der Waals surface area contributed by atoms with E-state index < -0.39 is 0 Å². The van der Waals surface area contributed by atoms with Crippen molar-refractivity contribution >= 4 is 5.91 Å². The molecular formula is C11H12NO. The molecule has 2 heteroatoms. The van der Waals surface area contributed by atoms with Crippen molar-refractivity contribution in [3.05, 3.63) is 55.0 Å². The van der Waals surface area contributed by atoms with Crippen molar-refractivity contribution in [3.63, 3.8) is 0 Å². The standard InChI is InChI=1S/C11H12NO/c1-9(2)11(13)12-8-10-6-4-3-5-7-10/h3-7H,1-2,8H2,(H,12,13). The van der Waals surface area contributed by atoms with Crippen molar-refractivity contribution in [2.45, 2.75) is 6.54 Å². The lowest BCUT2D eigenvalue weighted by Crippen LogP contribution is -2.22. The minimum atomic E-state index is -0.205. The molecule has 0 aliphatic rings. The highest BCUT2D eigenvalue weighted by atomic mass is 16.1. The quantitative estimate of drug-likeness (QED) is 0.694. The van der Waals surface area contributed by atoms with Crippen LogP contribution < -0.4 is 5.32 Å². The largest absolute Gasteiger partial charge is 0.348 e. The Hall–Kier alpha value is -1.57. The first-order chi connectivity index (χ1) is 6.20. The molecule has 67 valence electrons. The van der Waals surface area contributed by atoms with Crippen molar-refractivity contribution in [2.75, 3.05) is 0 Å². The van der Waals surface area contributed by atoms with Gasteiger partial charge in [-0.1, -0.05) is 36.9 Å². The first-order valence-corrected chi connectivity index (χ1v) is 4.03. The number of hydrogen-bond acceptors (Lipinski definition) is 1. The highest BCUT2D eigenvalue weighted by molar-refractivity contribution is 5.93. The van der Waals surface area contributed by atoms with E-state index in [2.05, 4.69) is 18.8 Å². The van der Waals surface area contributed by atoms with Crippen LogP contribution >= 0.6 is 0 Å². The molecule has 0 saturated heterocycles. The summed E-state index contributed by atoms with van der Waals surface area (Å²) in [6.07, 6.45) is 0. The molecule has 2 nitrogen and oxygen atoms in total. The van der Waals surface area contributed by atoms with Crippen molar-refractivity contribution in [2.24, 2.45) is 0 Å². The minimum absolute atomic E-state index is 0.205. The van der Waals surface area contributed by atoms with E-state index >= 15 is 0 Å². The van der Waals surface area contributed by atoms with Crippen LogP contribution in [0.1, 0.15) is 5.56 Å². The molecule has 1 N–H and O–H groups in total. The molecule has 1 radical (unpaired) electrons. The smallest absolute Gasteiger partial charge is 0.246 e. The molecule has 1 aromatic rings. The minimum Gasteiger partial charge on any atom is -0.348 e. The van der Waals surface area contributed by atoms with Crippen LogP contribution in [0.5, 0.6) is 0 Å². The summed E-state index contributed by atoms with van der Waals surface area (Å²) in [4.78, 5) is 11.0. The van der Waals surface area contributed by atoms with Gasteiger partial charge in [0.05, 0.1) is 0 Å². The van der Waals surface area contributed by atoms with Gasteiger partial charge in [-0.05, 0) is 12.5 Å². The molecule has 13 heavy (non-hydrogen) atoms. The first-order valence-electron chi connectivity index (χ1n) is 4.03. The van der Waals surface area contributed by atoms with Crippen LogP contribution in [0.15, 0.2) is 42.5 Å². The van der Waals surface area contributed by atoms with Crippen LogP contribution in [0, 0.1) is 6.92 Å². The van der Waals surface area contributed by atoms with Gasteiger partial charge in [-0.25, -0.2) is 0 Å². The molecule has 1 aromatic carbocycles. The zero-order valence-corrected chi connectivity index (χ0v) is 7.42. The van der Waals surface area contributed by atoms with Crippen LogP contribution in [0.3, 0.4) is 0 Å². The van der Waals surface area contributed by atoms with Crippen molar-refractivity contribution in [1.29, 1.82) is 0 Å². The van der Waals surface area contributed by atoms with E-state index in [1.165, 1.54) is 0 Å². The maximum absolute atomic E-state index is 11.0. The Balaban J connectivity index is 2.44. The number of hydrogen-bond donors (Lipinski definition) is 1. The summed E-state index contributed by atoms with van der Waals surface area (Å²) >= 11 is 0. The molecule has 0 unspecified atom stereocenters. The van der Waals surface area contributed by atoms with Crippen LogP contribution in [0.25, 0.3) is 0 Å². The summed E-state index contributed by atoms with van der Waals surface area (Å²) in [6, 6.07) is 9.70. The Kier molecular flexibility index (Phi) is 3.26. The molecule has 0 saturated carbocycles. The lowest BCUT2D eigenvalue weighted by Gasteiger charge is -2.03. The van der Waals surface area contributed by atoms with E-state index in [4.69, 9.17) is 0 Å². The second-order valence-electron chi connectivity index (χ2n) is 2.77. The van der Waals surface area contributed by atoms with Gasteiger partial charge in [-0.2, -0.15) is 0 Å². The number of carbonyl (C=O) groups excluding carboxylic acids is 1. The fourth-order valence-corrected chi connectivity index (χ4v) is 0.903. The summed E-state index contributed by atoms with van der Waals surface area (Å²) in [7, 11) is 0. The molecular weight excluding hydrogens is 162 g/mol. The molecule has 0 heterocycles. The van der Waals surface area contributed by atoms with E-state index in [1.807, 2.05) is 30.3 Å². The predicted octanol–water partition coefficient (Wildman–Crippen LogP) is 1.69. The second kappa shape index (κ2) is 4.45. The summed E-state index contributed by atoms with van der Waals surface area (Å²) in [6.45, 7) is 7.41. The summed E-state index contributed by atoms with van der Waals surface area (Å²) in [5.41, 5.74) is 1.35. The van der Waals surface area contributed by atoms with Gasteiger partial charge >= 0.3 is 0 Å². The molecule has 0 fully saturated rings. The molecule has 0 aromatic heterocycles. The van der Waals surface area contributed by atoms with Crippen molar-refractivity contribution < 1.29 is 4.79 Å². The van der Waals surface area contributed by atoms with Crippen LogP contribution in [0.4, 0.5) is 0 Å². The Bertz CT molecular complexity index is 303. The van der Waals surface area contributed by atoms with E-state index in [0.29, 0.717) is 6.54 Å². The van der Waals surface area contributed by atoms with Gasteiger partial charge in [-0.15, -0.1) is 0 Å². The third-order valence-electron chi connectivity index (χ3n) is 1.62. The van der Waals surface area contributed by atoms with Crippen LogP contribution in [0.2, 0.25) is 0 Å². The number of nitrogens with one attached hydrogen (secondary N) is 1. The first kappa shape index (κ1) is 9.52. The van der Waals surface area contributed by atoms with Gasteiger partial charge in [0.25, 0.3) is 0 Å². The number of carbonyl (C=O) groups is 1. The van der Waals surface area contributed by atoms with Gasteiger partial charge in [0, 0.05) is 12.1 Å². The van der Waals surface area contributed by atoms with E-state index in [-0.39, 0.29) is 11.5 Å². The molecule has 0 bridgehead atoms. The van der Waals surface area contributed by atoms with Gasteiger partial charge in [0.2, 0.25) is 5.91 Å². The average molecular weight is 174 g/mol. The van der Waals surface area contributed by atoms with Gasteiger partial charge in [0.15, 0.2) is 0 Å². The third kappa shape index (κ3) is 3.11. The normalized spacial score (nSPS) is 9.31. The number of amides is 1. The molecule has 0 atom stereocenters. The maximum Gasteiger partial charge on any atom is 0.246 e. The Morgan fingerprint density at radius 1 is 1.31 bits per heavy atom. The molecule has 0 aliphatic heterocycles. The average Bonchev–Trinajstić information content (AvgIpc) is 2.15. The lowest BCUT2D eigenvalue weighted by atomic mass is 10.2. The number of rotatable bonds is 3. The SMILES string of the molecule is [CH2]C(=C)C(=O)NCc1ccccc1.